The van der Waals surface area contributed by atoms with E-state index in [1.54, 1.807) is 12.1 Å². The third-order valence-corrected chi connectivity index (χ3v) is 5.50. The molecule has 0 aliphatic rings. The fourth-order valence-corrected chi connectivity index (χ4v) is 3.78. The van der Waals surface area contributed by atoms with Crippen molar-refractivity contribution in [3.8, 4) is 0 Å². The van der Waals surface area contributed by atoms with Crippen molar-refractivity contribution in [3.63, 3.8) is 0 Å². The summed E-state index contributed by atoms with van der Waals surface area (Å²) >= 11 is 5.79. The average molecular weight is 349 g/mol. The van der Waals surface area contributed by atoms with Gasteiger partial charge in [-0.15, -0.1) is 0 Å². The molecule has 0 radical (unpaired) electrons. The number of fused-ring (bicyclic) bond motifs is 1. The number of hydrogen-bond acceptors (Lipinski definition) is 2. The van der Waals surface area contributed by atoms with Gasteiger partial charge in [0.15, 0.2) is 0 Å². The van der Waals surface area contributed by atoms with Gasteiger partial charge in [-0.3, -0.25) is 0 Å². The highest BCUT2D eigenvalue weighted by molar-refractivity contribution is 7.89. The number of rotatable bonds is 5. The van der Waals surface area contributed by atoms with Crippen LogP contribution in [-0.4, -0.2) is 19.5 Å². The first-order valence-corrected chi connectivity index (χ1v) is 9.13. The van der Waals surface area contributed by atoms with Crippen LogP contribution in [-0.2, 0) is 16.6 Å². The summed E-state index contributed by atoms with van der Waals surface area (Å²) in [6.07, 6.45) is 0. The summed E-state index contributed by atoms with van der Waals surface area (Å²) in [7, 11) is -3.52. The number of nitrogens with zero attached hydrogens (tertiary/aromatic N) is 1. The molecule has 3 aromatic rings. The molecule has 4 nitrogen and oxygen atoms in total. The van der Waals surface area contributed by atoms with Gasteiger partial charge in [0.1, 0.15) is 0 Å². The number of sulfonamides is 1. The average Bonchev–Trinajstić information content (AvgIpc) is 2.84. The zero-order valence-electron chi connectivity index (χ0n) is 12.7. The van der Waals surface area contributed by atoms with E-state index in [2.05, 4.69) is 21.4 Å². The number of halogens is 1. The molecule has 0 unspecified atom stereocenters. The Morgan fingerprint density at radius 3 is 2.52 bits per heavy atom. The van der Waals surface area contributed by atoms with E-state index in [4.69, 9.17) is 11.6 Å². The second kappa shape index (κ2) is 6.35. The Labute approximate surface area is 140 Å². The van der Waals surface area contributed by atoms with Gasteiger partial charge in [-0.2, -0.15) is 0 Å². The van der Waals surface area contributed by atoms with E-state index >= 15 is 0 Å². The minimum atomic E-state index is -3.52. The van der Waals surface area contributed by atoms with Crippen LogP contribution in [0.2, 0.25) is 5.02 Å². The van der Waals surface area contributed by atoms with Crippen molar-refractivity contribution < 1.29 is 8.42 Å². The van der Waals surface area contributed by atoms with Gasteiger partial charge in [-0.1, -0.05) is 29.8 Å². The predicted octanol–water partition coefficient (Wildman–Crippen LogP) is 3.58. The van der Waals surface area contributed by atoms with Crippen molar-refractivity contribution in [2.24, 2.45) is 0 Å². The molecule has 0 saturated heterocycles. The third kappa shape index (κ3) is 3.42. The van der Waals surface area contributed by atoms with E-state index in [0.29, 0.717) is 18.1 Å². The largest absolute Gasteiger partial charge is 0.344 e. The summed E-state index contributed by atoms with van der Waals surface area (Å²) in [5.41, 5.74) is 2.22. The molecule has 0 bridgehead atoms. The number of nitrogens with one attached hydrogen (secondary N) is 1. The third-order valence-electron chi connectivity index (χ3n) is 3.77. The van der Waals surface area contributed by atoms with E-state index < -0.39 is 10.0 Å². The second-order valence-corrected chi connectivity index (χ2v) is 7.55. The molecule has 23 heavy (non-hydrogen) atoms. The van der Waals surface area contributed by atoms with Crippen molar-refractivity contribution in [1.29, 1.82) is 0 Å². The maximum atomic E-state index is 12.3. The topological polar surface area (TPSA) is 51.1 Å². The first kappa shape index (κ1) is 16.1. The predicted molar refractivity (Wildman–Crippen MR) is 93.3 cm³/mol. The Balaban J connectivity index is 1.73. The summed E-state index contributed by atoms with van der Waals surface area (Å²) in [5, 5.41) is 1.67. The summed E-state index contributed by atoms with van der Waals surface area (Å²) in [5.74, 6) is 0. The summed E-state index contributed by atoms with van der Waals surface area (Å²) in [6, 6.07) is 16.3. The van der Waals surface area contributed by atoms with E-state index in [1.807, 2.05) is 25.1 Å². The normalized spacial score (nSPS) is 11.9. The smallest absolute Gasteiger partial charge is 0.240 e. The molecule has 3 rings (SSSR count). The number of hydrogen-bond donors (Lipinski definition) is 1. The quantitative estimate of drug-likeness (QED) is 0.766. The van der Waals surface area contributed by atoms with Gasteiger partial charge in [0.2, 0.25) is 10.0 Å². The molecular weight excluding hydrogens is 332 g/mol. The Morgan fingerprint density at radius 1 is 1.09 bits per heavy atom. The van der Waals surface area contributed by atoms with Crippen LogP contribution in [0.1, 0.15) is 5.69 Å². The van der Waals surface area contributed by atoms with E-state index in [-0.39, 0.29) is 4.90 Å². The van der Waals surface area contributed by atoms with Crippen molar-refractivity contribution >= 4 is 32.5 Å². The molecule has 0 fully saturated rings. The standard InChI is InChI=1S/C17H17ClN2O2S/c1-13-12-14-4-2-3-5-17(14)20(13)11-10-19-23(21,22)16-8-6-15(18)7-9-16/h2-9,12,19H,10-11H2,1H3. The summed E-state index contributed by atoms with van der Waals surface area (Å²) in [6.45, 7) is 2.92. The molecule has 2 aromatic carbocycles. The van der Waals surface area contributed by atoms with Gasteiger partial charge < -0.3 is 4.57 Å². The lowest BCUT2D eigenvalue weighted by molar-refractivity contribution is 0.573. The summed E-state index contributed by atoms with van der Waals surface area (Å²) in [4.78, 5) is 0.219. The molecule has 0 aliphatic carbocycles. The van der Waals surface area contributed by atoms with Crippen LogP contribution in [0.5, 0.6) is 0 Å². The van der Waals surface area contributed by atoms with Gasteiger partial charge in [-0.25, -0.2) is 13.1 Å². The zero-order chi connectivity index (χ0) is 16.4. The van der Waals surface area contributed by atoms with Crippen molar-refractivity contribution in [2.45, 2.75) is 18.4 Å². The molecule has 1 heterocycles. The maximum Gasteiger partial charge on any atom is 0.240 e. The highest BCUT2D eigenvalue weighted by Crippen LogP contribution is 2.19. The molecule has 0 spiro atoms. The lowest BCUT2D eigenvalue weighted by Gasteiger charge is -2.10. The van der Waals surface area contributed by atoms with Crippen LogP contribution in [0.25, 0.3) is 10.9 Å². The molecule has 0 atom stereocenters. The van der Waals surface area contributed by atoms with Crippen molar-refractivity contribution in [3.05, 3.63) is 65.3 Å². The molecular formula is C17H17ClN2O2S. The minimum Gasteiger partial charge on any atom is -0.344 e. The number of benzene rings is 2. The van der Waals surface area contributed by atoms with E-state index in [1.165, 1.54) is 12.1 Å². The molecule has 120 valence electrons. The Morgan fingerprint density at radius 2 is 1.78 bits per heavy atom. The Hall–Kier alpha value is -1.82. The molecule has 0 saturated carbocycles. The first-order chi connectivity index (χ1) is 11.0. The lowest BCUT2D eigenvalue weighted by atomic mass is 10.2. The van der Waals surface area contributed by atoms with Gasteiger partial charge in [0.05, 0.1) is 4.90 Å². The second-order valence-electron chi connectivity index (χ2n) is 5.35. The van der Waals surface area contributed by atoms with Gasteiger partial charge in [0.25, 0.3) is 0 Å². The van der Waals surface area contributed by atoms with E-state index in [0.717, 1.165) is 16.6 Å². The number of aromatic nitrogens is 1. The fourth-order valence-electron chi connectivity index (χ4n) is 2.63. The molecule has 0 aliphatic heterocycles. The molecule has 1 aromatic heterocycles. The van der Waals surface area contributed by atoms with Crippen LogP contribution in [0, 0.1) is 6.92 Å². The highest BCUT2D eigenvalue weighted by Gasteiger charge is 2.13. The lowest BCUT2D eigenvalue weighted by Crippen LogP contribution is -2.27. The van der Waals surface area contributed by atoms with Crippen LogP contribution in [0.4, 0.5) is 0 Å². The number of aryl methyl sites for hydroxylation is 1. The van der Waals surface area contributed by atoms with Crippen molar-refractivity contribution in [2.75, 3.05) is 6.54 Å². The SMILES string of the molecule is Cc1cc2ccccc2n1CCNS(=O)(=O)c1ccc(Cl)cc1. The Bertz CT molecular complexity index is 931. The fraction of sp³-hybridized carbons (Fsp3) is 0.176. The van der Waals surface area contributed by atoms with Gasteiger partial charge in [0, 0.05) is 29.3 Å². The van der Waals surface area contributed by atoms with Crippen molar-refractivity contribution in [1.82, 2.24) is 9.29 Å². The highest BCUT2D eigenvalue weighted by atomic mass is 35.5. The first-order valence-electron chi connectivity index (χ1n) is 7.27. The van der Waals surface area contributed by atoms with E-state index in [9.17, 15) is 8.42 Å². The maximum absolute atomic E-state index is 12.3. The van der Waals surface area contributed by atoms with Gasteiger partial charge in [-0.05, 0) is 48.7 Å². The van der Waals surface area contributed by atoms with Crippen LogP contribution in [0.15, 0.2) is 59.5 Å². The van der Waals surface area contributed by atoms with Crippen LogP contribution >= 0.6 is 11.6 Å². The van der Waals surface area contributed by atoms with Crippen LogP contribution < -0.4 is 4.72 Å². The minimum absolute atomic E-state index is 0.219. The monoisotopic (exact) mass is 348 g/mol. The zero-order valence-corrected chi connectivity index (χ0v) is 14.2. The molecule has 6 heteroatoms. The van der Waals surface area contributed by atoms with Gasteiger partial charge >= 0.3 is 0 Å². The molecule has 1 N–H and O–H groups in total. The van der Waals surface area contributed by atoms with Crippen LogP contribution in [0.3, 0.4) is 0 Å². The Kier molecular flexibility index (Phi) is 4.43. The number of para-hydroxylation sites is 1. The molecule has 0 amide bonds. The summed E-state index contributed by atoms with van der Waals surface area (Å²) < 4.78 is 29.3.